The van der Waals surface area contributed by atoms with Crippen molar-refractivity contribution in [1.82, 2.24) is 5.32 Å². The van der Waals surface area contributed by atoms with E-state index in [0.717, 1.165) is 25.7 Å². The first-order valence-corrected chi connectivity index (χ1v) is 5.58. The summed E-state index contributed by atoms with van der Waals surface area (Å²) in [6, 6.07) is 0.0670. The van der Waals surface area contributed by atoms with Gasteiger partial charge in [0.15, 0.2) is 0 Å². The summed E-state index contributed by atoms with van der Waals surface area (Å²) in [4.78, 5) is 10.9. The fraction of sp³-hybridized carbons (Fsp3) is 0.909. The Bertz CT molecular complexity index is 228. The molecule has 0 heterocycles. The molecule has 0 saturated heterocycles. The quantitative estimate of drug-likeness (QED) is 0.654. The molecule has 0 amide bonds. The van der Waals surface area contributed by atoms with E-state index in [-0.39, 0.29) is 12.1 Å². The zero-order valence-electron chi connectivity index (χ0n) is 9.49. The maximum atomic E-state index is 10.9. The van der Waals surface area contributed by atoms with Crippen molar-refractivity contribution in [2.75, 3.05) is 6.54 Å². The summed E-state index contributed by atoms with van der Waals surface area (Å²) in [5.41, 5.74) is -0.767. The van der Waals surface area contributed by atoms with Crippen LogP contribution in [0.2, 0.25) is 0 Å². The molecule has 0 aromatic rings. The third kappa shape index (κ3) is 3.47. The minimum absolute atomic E-state index is 0.0670. The summed E-state index contributed by atoms with van der Waals surface area (Å²) < 4.78 is 0. The van der Waals surface area contributed by atoms with Gasteiger partial charge in [0.1, 0.15) is 0 Å². The summed E-state index contributed by atoms with van der Waals surface area (Å²) in [6.45, 7) is 3.79. The Labute approximate surface area is 90.7 Å². The van der Waals surface area contributed by atoms with E-state index < -0.39 is 11.4 Å². The molecule has 2 unspecified atom stereocenters. The van der Waals surface area contributed by atoms with Crippen LogP contribution in [0.5, 0.6) is 0 Å². The van der Waals surface area contributed by atoms with E-state index in [1.165, 1.54) is 0 Å². The first-order chi connectivity index (χ1) is 6.93. The Morgan fingerprint density at radius 1 is 1.40 bits per heavy atom. The zero-order chi connectivity index (χ0) is 11.5. The van der Waals surface area contributed by atoms with E-state index in [1.54, 1.807) is 13.8 Å². The number of carbonyl (C=O) groups is 1. The van der Waals surface area contributed by atoms with E-state index in [9.17, 15) is 9.90 Å². The highest BCUT2D eigenvalue weighted by Gasteiger charge is 2.30. The minimum atomic E-state index is -0.805. The van der Waals surface area contributed by atoms with Crippen molar-refractivity contribution in [1.29, 1.82) is 0 Å². The van der Waals surface area contributed by atoms with Gasteiger partial charge in [-0.05, 0) is 26.7 Å². The van der Waals surface area contributed by atoms with Crippen LogP contribution in [0, 0.1) is 5.41 Å². The van der Waals surface area contributed by atoms with Gasteiger partial charge in [0.05, 0.1) is 11.5 Å². The minimum Gasteiger partial charge on any atom is -0.481 e. The van der Waals surface area contributed by atoms with Gasteiger partial charge in [-0.3, -0.25) is 4.79 Å². The third-order valence-corrected chi connectivity index (χ3v) is 3.11. The molecule has 3 N–H and O–H groups in total. The lowest BCUT2D eigenvalue weighted by Crippen LogP contribution is -2.47. The molecule has 0 spiro atoms. The molecule has 0 aliphatic heterocycles. The third-order valence-electron chi connectivity index (χ3n) is 3.11. The van der Waals surface area contributed by atoms with E-state index in [2.05, 4.69) is 5.32 Å². The highest BCUT2D eigenvalue weighted by molar-refractivity contribution is 5.73. The van der Waals surface area contributed by atoms with Crippen molar-refractivity contribution in [2.45, 2.75) is 51.7 Å². The van der Waals surface area contributed by atoms with E-state index in [4.69, 9.17) is 5.11 Å². The van der Waals surface area contributed by atoms with Crippen LogP contribution in [-0.4, -0.2) is 34.9 Å². The van der Waals surface area contributed by atoms with Crippen LogP contribution in [0.4, 0.5) is 0 Å². The Morgan fingerprint density at radius 2 is 2.00 bits per heavy atom. The monoisotopic (exact) mass is 215 g/mol. The fourth-order valence-electron chi connectivity index (χ4n) is 1.81. The highest BCUT2D eigenvalue weighted by Crippen LogP contribution is 2.20. The molecule has 1 rings (SSSR count). The molecule has 1 saturated carbocycles. The summed E-state index contributed by atoms with van der Waals surface area (Å²) in [7, 11) is 0. The lowest BCUT2D eigenvalue weighted by Gasteiger charge is -2.31. The lowest BCUT2D eigenvalue weighted by atomic mass is 9.89. The number of aliphatic carboxylic acids is 1. The van der Waals surface area contributed by atoms with Gasteiger partial charge in [0.25, 0.3) is 0 Å². The molecule has 4 heteroatoms. The second-order valence-electron chi connectivity index (χ2n) is 5.03. The number of hydrogen-bond acceptors (Lipinski definition) is 3. The van der Waals surface area contributed by atoms with Gasteiger partial charge in [-0.1, -0.05) is 12.8 Å². The molecule has 0 bridgehead atoms. The zero-order valence-corrected chi connectivity index (χ0v) is 9.49. The normalized spacial score (nSPS) is 27.7. The predicted molar refractivity (Wildman–Crippen MR) is 57.7 cm³/mol. The maximum absolute atomic E-state index is 10.9. The molecular weight excluding hydrogens is 194 g/mol. The molecule has 88 valence electrons. The van der Waals surface area contributed by atoms with E-state index >= 15 is 0 Å². The summed E-state index contributed by atoms with van der Waals surface area (Å²) in [5, 5.41) is 21.8. The molecule has 0 aromatic carbocycles. The number of aliphatic hydroxyl groups excluding tert-OH is 1. The largest absolute Gasteiger partial charge is 0.481 e. The number of carboxylic acids is 1. The van der Waals surface area contributed by atoms with Crippen LogP contribution < -0.4 is 5.32 Å². The standard InChI is InChI=1S/C11H21NO3/c1-11(2,10(14)15)7-12-8-5-3-4-6-9(8)13/h8-9,12-13H,3-7H2,1-2H3,(H,14,15). The average Bonchev–Trinajstić information content (AvgIpc) is 2.16. The van der Waals surface area contributed by atoms with Crippen molar-refractivity contribution >= 4 is 5.97 Å². The molecule has 4 nitrogen and oxygen atoms in total. The Kier molecular flexibility index (Phi) is 4.11. The number of carboxylic acid groups (broad SMARTS) is 1. The van der Waals surface area contributed by atoms with E-state index in [0.29, 0.717) is 6.54 Å². The highest BCUT2D eigenvalue weighted by atomic mass is 16.4. The van der Waals surface area contributed by atoms with Crippen molar-refractivity contribution in [3.05, 3.63) is 0 Å². The molecule has 0 aromatic heterocycles. The molecule has 15 heavy (non-hydrogen) atoms. The van der Waals surface area contributed by atoms with Crippen LogP contribution in [-0.2, 0) is 4.79 Å². The Hall–Kier alpha value is -0.610. The van der Waals surface area contributed by atoms with Crippen LogP contribution in [0.15, 0.2) is 0 Å². The van der Waals surface area contributed by atoms with Crippen LogP contribution in [0.3, 0.4) is 0 Å². The smallest absolute Gasteiger partial charge is 0.310 e. The Morgan fingerprint density at radius 3 is 2.53 bits per heavy atom. The van der Waals surface area contributed by atoms with Gasteiger partial charge in [-0.2, -0.15) is 0 Å². The molecular formula is C11H21NO3. The van der Waals surface area contributed by atoms with Crippen molar-refractivity contribution < 1.29 is 15.0 Å². The van der Waals surface area contributed by atoms with Gasteiger partial charge < -0.3 is 15.5 Å². The van der Waals surface area contributed by atoms with Gasteiger partial charge in [0, 0.05) is 12.6 Å². The fourth-order valence-corrected chi connectivity index (χ4v) is 1.81. The first kappa shape index (κ1) is 12.5. The van der Waals surface area contributed by atoms with Crippen molar-refractivity contribution in [3.63, 3.8) is 0 Å². The number of hydrogen-bond donors (Lipinski definition) is 3. The summed E-state index contributed by atoms with van der Waals surface area (Å²) in [6.07, 6.45) is 3.63. The van der Waals surface area contributed by atoms with Crippen LogP contribution in [0.1, 0.15) is 39.5 Å². The van der Waals surface area contributed by atoms with Crippen molar-refractivity contribution in [2.24, 2.45) is 5.41 Å². The second-order valence-corrected chi connectivity index (χ2v) is 5.03. The van der Waals surface area contributed by atoms with E-state index in [1.807, 2.05) is 0 Å². The van der Waals surface area contributed by atoms with Crippen molar-refractivity contribution in [3.8, 4) is 0 Å². The molecule has 1 aliphatic carbocycles. The van der Waals surface area contributed by atoms with Gasteiger partial charge >= 0.3 is 5.97 Å². The van der Waals surface area contributed by atoms with Crippen LogP contribution >= 0.6 is 0 Å². The maximum Gasteiger partial charge on any atom is 0.310 e. The molecule has 1 aliphatic rings. The van der Waals surface area contributed by atoms with Gasteiger partial charge in [-0.15, -0.1) is 0 Å². The number of rotatable bonds is 4. The second kappa shape index (κ2) is 4.94. The first-order valence-electron chi connectivity index (χ1n) is 5.58. The predicted octanol–water partition coefficient (Wildman–Crippen LogP) is 0.990. The average molecular weight is 215 g/mol. The lowest BCUT2D eigenvalue weighted by molar-refractivity contribution is -0.146. The van der Waals surface area contributed by atoms with Gasteiger partial charge in [-0.25, -0.2) is 0 Å². The molecule has 0 radical (unpaired) electrons. The summed E-state index contributed by atoms with van der Waals surface area (Å²) in [5.74, 6) is -0.805. The summed E-state index contributed by atoms with van der Waals surface area (Å²) >= 11 is 0. The number of nitrogens with one attached hydrogen (secondary N) is 1. The number of aliphatic hydroxyl groups is 1. The molecule has 2 atom stereocenters. The topological polar surface area (TPSA) is 69.6 Å². The SMILES string of the molecule is CC(C)(CNC1CCCCC1O)C(=O)O. The molecule has 1 fully saturated rings. The van der Waals surface area contributed by atoms with Gasteiger partial charge in [0.2, 0.25) is 0 Å². The van der Waals surface area contributed by atoms with Crippen LogP contribution in [0.25, 0.3) is 0 Å². The Balaban J connectivity index is 2.38.